The van der Waals surface area contributed by atoms with E-state index in [1.807, 2.05) is 96.5 Å². The van der Waals surface area contributed by atoms with Crippen LogP contribution < -0.4 is 42.0 Å². The van der Waals surface area contributed by atoms with Crippen molar-refractivity contribution in [3.63, 3.8) is 0 Å². The van der Waals surface area contributed by atoms with Crippen LogP contribution >= 0.6 is 38.5 Å². The van der Waals surface area contributed by atoms with E-state index < -0.39 is 16.6 Å². The molecule has 0 N–H and O–H groups in total. The molecule has 0 radical (unpaired) electrons. The van der Waals surface area contributed by atoms with E-state index in [9.17, 15) is 0 Å². The maximum atomic E-state index is 7.39. The molecule has 10 aromatic rings. The van der Waals surface area contributed by atoms with E-state index in [1.165, 1.54) is 20.7 Å². The third kappa shape index (κ3) is 14.3. The molecule has 4 aromatic carbocycles. The Kier molecular flexibility index (Phi) is 22.4. The van der Waals surface area contributed by atoms with Crippen molar-refractivity contribution in [3.8, 4) is 23.1 Å². The van der Waals surface area contributed by atoms with Crippen LogP contribution in [0.5, 0.6) is 11.5 Å². The van der Waals surface area contributed by atoms with Crippen LogP contribution in [-0.2, 0) is 0 Å². The summed E-state index contributed by atoms with van der Waals surface area (Å²) in [5.74, 6) is 2.47. The normalized spacial score (nSPS) is 11.4. The number of pyridine rings is 2. The third-order valence-electron chi connectivity index (χ3n) is 12.3. The fraction of sp³-hybridized carbons (Fsp3) is 0.230. The molecule has 16 heteroatoms. The van der Waals surface area contributed by atoms with Crippen LogP contribution in [0.3, 0.4) is 0 Å². The summed E-state index contributed by atoms with van der Waals surface area (Å²) in [5, 5.41) is 6.30. The van der Waals surface area contributed by atoms with Crippen LogP contribution in [0.4, 0.5) is 0 Å². The standard InChI is InChI=1S/C29H29N3O2Si.C23H22BrNO2Si.C6H7IN2.C3H7.ClH.Mg/c1-20-18-21(2)32-28(31-20)27-26(24-16-17-30-19-25(24)33-27)34-35(29(3,4)5,22-12-8-6-9-13-22)23-14-10-7-11-15-23;1-23(2,3)28(17-10-6-4-7-11-17,18-12-8-5-9-13-18)27-21-19-14-15-25-16-20(19)26-22(21)24;1-4-3-5(2)9-6(7)8-4;1-3-2;;/h6-19H,1-5H3;4-16H,1-3H3;3H,1-2H3;3H,1-2H3;1H;/q;;;-1;;+2/p-1. The number of fused-ring (bicyclic) bond motifs is 2. The Labute approximate surface area is 500 Å². The molecule has 77 heavy (non-hydrogen) atoms. The van der Waals surface area contributed by atoms with Crippen molar-refractivity contribution >= 4 is 121 Å². The Morgan fingerprint density at radius 2 is 0.831 bits per heavy atom. The summed E-state index contributed by atoms with van der Waals surface area (Å²) in [6.45, 7) is 25.4. The zero-order valence-corrected chi connectivity index (χ0v) is 53.8. The van der Waals surface area contributed by atoms with Crippen LogP contribution in [0.2, 0.25) is 10.1 Å². The first-order valence-electron chi connectivity index (χ1n) is 24.9. The van der Waals surface area contributed by atoms with Gasteiger partial charge in [-0.3, -0.25) is 9.97 Å². The van der Waals surface area contributed by atoms with Crippen molar-refractivity contribution in [1.82, 2.24) is 29.9 Å². The largest absolute Gasteiger partial charge is 2.00 e. The van der Waals surface area contributed by atoms with E-state index in [2.05, 4.69) is 197 Å². The molecular weight excluding hydrogens is 1200 g/mol. The predicted octanol–water partition coefficient (Wildman–Crippen LogP) is 10.9. The van der Waals surface area contributed by atoms with Crippen molar-refractivity contribution in [2.75, 3.05) is 0 Å². The molecule has 10 rings (SSSR count). The van der Waals surface area contributed by atoms with Gasteiger partial charge in [0, 0.05) is 57.8 Å². The zero-order chi connectivity index (χ0) is 54.0. The van der Waals surface area contributed by atoms with Gasteiger partial charge in [0.2, 0.25) is 10.4 Å². The minimum atomic E-state index is -2.90. The van der Waals surface area contributed by atoms with Gasteiger partial charge < -0.3 is 36.5 Å². The van der Waals surface area contributed by atoms with E-state index in [4.69, 9.17) is 27.7 Å². The molecule has 0 unspecified atom stereocenters. The molecule has 6 aromatic heterocycles. The molecule has 0 spiro atoms. The third-order valence-corrected chi connectivity index (χ3v) is 23.2. The summed E-state index contributed by atoms with van der Waals surface area (Å²) >= 11 is 5.69. The zero-order valence-electron chi connectivity index (χ0n) is 45.9. The topological polar surface area (TPSA) is 122 Å². The maximum Gasteiger partial charge on any atom is 2.00 e. The van der Waals surface area contributed by atoms with Crippen LogP contribution in [0.15, 0.2) is 184 Å². The molecule has 394 valence electrons. The Morgan fingerprint density at radius 3 is 1.18 bits per heavy atom. The van der Waals surface area contributed by atoms with E-state index in [0.29, 0.717) is 33.2 Å². The van der Waals surface area contributed by atoms with Crippen molar-refractivity contribution in [2.24, 2.45) is 0 Å². The van der Waals surface area contributed by atoms with Gasteiger partial charge in [-0.15, -0.1) is 0 Å². The van der Waals surface area contributed by atoms with Crippen molar-refractivity contribution < 1.29 is 30.1 Å². The minimum Gasteiger partial charge on any atom is -1.00 e. The van der Waals surface area contributed by atoms with Crippen LogP contribution in [0, 0.1) is 37.9 Å². The van der Waals surface area contributed by atoms with Gasteiger partial charge in [0.25, 0.3) is 0 Å². The predicted molar refractivity (Wildman–Crippen MR) is 328 cm³/mol. The molecule has 10 nitrogen and oxygen atoms in total. The summed E-state index contributed by atoms with van der Waals surface area (Å²) in [6, 6.07) is 50.1. The van der Waals surface area contributed by atoms with Crippen LogP contribution in [0.25, 0.3) is 33.5 Å². The molecular formula is C61H65BrClIMgN6O4Si2. The molecule has 0 aliphatic carbocycles. The molecule has 0 amide bonds. The number of hydrogen-bond donors (Lipinski definition) is 0. The molecule has 0 aliphatic rings. The van der Waals surface area contributed by atoms with Gasteiger partial charge in [0.15, 0.2) is 32.3 Å². The quantitative estimate of drug-likeness (QED) is 0.0597. The molecule has 0 saturated carbocycles. The average Bonchev–Trinajstić information content (AvgIpc) is 3.90. The Hall–Kier alpha value is -5.28. The van der Waals surface area contributed by atoms with Gasteiger partial charge >= 0.3 is 39.7 Å². The number of nitrogens with zero attached hydrogens (tertiary/aromatic N) is 6. The first kappa shape index (κ1) is 62.6. The Morgan fingerprint density at radius 1 is 0.506 bits per heavy atom. The van der Waals surface area contributed by atoms with Gasteiger partial charge in [-0.25, -0.2) is 19.9 Å². The van der Waals surface area contributed by atoms with E-state index >= 15 is 0 Å². The molecule has 0 fully saturated rings. The number of hydrogen-bond acceptors (Lipinski definition) is 10. The summed E-state index contributed by atoms with van der Waals surface area (Å²) in [7, 11) is -5.61. The molecule has 0 bridgehead atoms. The first-order valence-corrected chi connectivity index (χ1v) is 30.5. The van der Waals surface area contributed by atoms with Gasteiger partial charge in [-0.2, -0.15) is 13.8 Å². The second kappa shape index (κ2) is 27.5. The smallest absolute Gasteiger partial charge is 1.00 e. The summed E-state index contributed by atoms with van der Waals surface area (Å²) in [5.41, 5.74) is 5.18. The minimum absolute atomic E-state index is 0. The number of aryl methyl sites for hydroxylation is 4. The van der Waals surface area contributed by atoms with Crippen LogP contribution in [0.1, 0.15) is 78.2 Å². The Balaban J connectivity index is 0.000000232. The number of benzene rings is 4. The SMILES string of the molecule is CC(C)(C)[Si](Oc1c(Br)oc2cnccc12)(c1ccccc1)c1ccccc1.C[CH-]C.Cc1cc(C)nc(-c2oc3cnccc3c2O[Si](c2ccccc2)(c2ccccc2)C(C)(C)C)n1.Cc1cc(C)nc(I)n1.[Cl-].[Mg+2]. The monoisotopic (exact) mass is 1270 g/mol. The number of aromatic nitrogens is 6. The summed E-state index contributed by atoms with van der Waals surface area (Å²) < 4.78 is 28.1. The van der Waals surface area contributed by atoms with Crippen molar-refractivity contribution in [1.29, 1.82) is 0 Å². The van der Waals surface area contributed by atoms with Crippen molar-refractivity contribution in [2.45, 2.75) is 93.2 Å². The number of halogens is 3. The molecule has 0 atom stereocenters. The van der Waals surface area contributed by atoms with Gasteiger partial charge in [-0.1, -0.05) is 163 Å². The summed E-state index contributed by atoms with van der Waals surface area (Å²) in [6.07, 6.45) is 8.97. The molecule has 0 aliphatic heterocycles. The van der Waals surface area contributed by atoms with E-state index in [-0.39, 0.29) is 45.5 Å². The number of furan rings is 2. The van der Waals surface area contributed by atoms with Crippen LogP contribution in [-0.4, -0.2) is 69.6 Å². The van der Waals surface area contributed by atoms with Gasteiger partial charge in [0.1, 0.15) is 0 Å². The molecule has 0 saturated heterocycles. The van der Waals surface area contributed by atoms with Gasteiger partial charge in [-0.05, 0) is 98.7 Å². The maximum absolute atomic E-state index is 7.39. The average molecular weight is 1270 g/mol. The van der Waals surface area contributed by atoms with Crippen molar-refractivity contribution in [3.05, 3.63) is 208 Å². The number of rotatable bonds is 9. The fourth-order valence-electron chi connectivity index (χ4n) is 9.28. The van der Waals surface area contributed by atoms with E-state index in [1.54, 1.807) is 24.8 Å². The second-order valence-corrected chi connectivity index (χ2v) is 30.3. The fourth-order valence-corrected chi connectivity index (χ4v) is 19.5. The second-order valence-electron chi connectivity index (χ2n) is 20.2. The van der Waals surface area contributed by atoms with Gasteiger partial charge in [0.05, 0.1) is 23.2 Å². The molecule has 6 heterocycles. The first-order chi connectivity index (χ1) is 35.8. The van der Waals surface area contributed by atoms with E-state index in [0.717, 1.165) is 43.1 Å². The Bertz CT molecular complexity index is 3310. The summed E-state index contributed by atoms with van der Waals surface area (Å²) in [4.78, 5) is 26.1.